The highest BCUT2D eigenvalue weighted by atomic mass is 35.5. The van der Waals surface area contributed by atoms with E-state index in [9.17, 15) is 9.59 Å². The maximum Gasteiger partial charge on any atom is 0.271 e. The molecule has 4 rings (SSSR count). The predicted octanol–water partition coefficient (Wildman–Crippen LogP) is 6.37. The molecule has 0 saturated heterocycles. The predicted molar refractivity (Wildman–Crippen MR) is 135 cm³/mol. The minimum absolute atomic E-state index is 0.00645. The number of hydrogen-bond acceptors (Lipinski definition) is 5. The lowest BCUT2D eigenvalue weighted by Gasteiger charge is -2.17. The number of benzene rings is 2. The maximum atomic E-state index is 12.8. The van der Waals surface area contributed by atoms with Crippen LogP contribution in [0, 0.1) is 0 Å². The summed E-state index contributed by atoms with van der Waals surface area (Å²) in [5, 5.41) is 11.0. The number of amides is 1. The average Bonchev–Trinajstić information content (AvgIpc) is 3.37. The molecular weight excluding hydrogens is 474 g/mol. The van der Waals surface area contributed by atoms with Gasteiger partial charge in [-0.05, 0) is 72.5 Å². The number of nitrogens with one attached hydrogen (secondary N) is 1. The molecule has 5 nitrogen and oxygen atoms in total. The first-order chi connectivity index (χ1) is 16.0. The summed E-state index contributed by atoms with van der Waals surface area (Å²) in [6, 6.07) is 21.5. The third-order valence-corrected chi connectivity index (χ3v) is 7.13. The summed E-state index contributed by atoms with van der Waals surface area (Å²) in [6.45, 7) is 2.10. The third kappa shape index (κ3) is 5.93. The number of nitrogens with zero attached hydrogens (tertiary/aromatic N) is 2. The Morgan fingerprint density at radius 3 is 2.52 bits per heavy atom. The smallest absolute Gasteiger partial charge is 0.271 e. The molecule has 0 radical (unpaired) electrons. The molecule has 0 aliphatic carbocycles. The van der Waals surface area contributed by atoms with Crippen molar-refractivity contribution in [2.75, 3.05) is 0 Å². The van der Waals surface area contributed by atoms with E-state index in [1.54, 1.807) is 41.7 Å². The van der Waals surface area contributed by atoms with E-state index in [1.165, 1.54) is 22.5 Å². The molecule has 0 saturated carbocycles. The van der Waals surface area contributed by atoms with E-state index in [2.05, 4.69) is 17.3 Å². The second-order valence-electron chi connectivity index (χ2n) is 7.35. The van der Waals surface area contributed by atoms with Crippen LogP contribution >= 0.6 is 34.7 Å². The van der Waals surface area contributed by atoms with E-state index in [0.717, 1.165) is 22.6 Å². The Labute approximate surface area is 205 Å². The SMILES string of the molecule is CCCC(NC(=O)c1ccc(-n2nc(Sc3ccc(Cl)cc3)ccc2=O)cc1)c1cccs1. The van der Waals surface area contributed by atoms with Gasteiger partial charge in [0, 0.05) is 26.4 Å². The van der Waals surface area contributed by atoms with Crippen LogP contribution in [-0.4, -0.2) is 15.7 Å². The van der Waals surface area contributed by atoms with Gasteiger partial charge in [0.25, 0.3) is 11.5 Å². The number of halogens is 1. The molecule has 1 amide bonds. The number of rotatable bonds is 8. The first-order valence-corrected chi connectivity index (χ1v) is 12.6. The lowest BCUT2D eigenvalue weighted by molar-refractivity contribution is 0.0935. The maximum absolute atomic E-state index is 12.8. The van der Waals surface area contributed by atoms with Gasteiger partial charge in [-0.2, -0.15) is 9.78 Å². The van der Waals surface area contributed by atoms with Gasteiger partial charge in [-0.25, -0.2) is 0 Å². The molecule has 2 heterocycles. The van der Waals surface area contributed by atoms with Gasteiger partial charge in [0.05, 0.1) is 11.7 Å². The molecule has 2 aromatic carbocycles. The summed E-state index contributed by atoms with van der Waals surface area (Å²) < 4.78 is 1.34. The van der Waals surface area contributed by atoms with Gasteiger partial charge >= 0.3 is 0 Å². The van der Waals surface area contributed by atoms with E-state index in [-0.39, 0.29) is 17.5 Å². The second-order valence-corrected chi connectivity index (χ2v) is 9.86. The van der Waals surface area contributed by atoms with Crippen LogP contribution in [0.25, 0.3) is 5.69 Å². The van der Waals surface area contributed by atoms with Crippen LogP contribution in [0.2, 0.25) is 5.02 Å². The fourth-order valence-electron chi connectivity index (χ4n) is 3.32. The molecule has 168 valence electrons. The topological polar surface area (TPSA) is 64.0 Å². The van der Waals surface area contributed by atoms with Crippen molar-refractivity contribution in [2.45, 2.75) is 35.7 Å². The molecule has 2 aromatic heterocycles. The van der Waals surface area contributed by atoms with E-state index in [4.69, 9.17) is 11.6 Å². The molecule has 0 aliphatic heterocycles. The highest BCUT2D eigenvalue weighted by Gasteiger charge is 2.16. The number of aromatic nitrogens is 2. The normalized spacial score (nSPS) is 11.8. The molecule has 0 fully saturated rings. The van der Waals surface area contributed by atoms with Gasteiger partial charge in [-0.3, -0.25) is 9.59 Å². The minimum atomic E-state index is -0.242. The molecule has 1 unspecified atom stereocenters. The van der Waals surface area contributed by atoms with Crippen LogP contribution in [0.1, 0.15) is 41.0 Å². The minimum Gasteiger partial charge on any atom is -0.344 e. The van der Waals surface area contributed by atoms with Gasteiger partial charge in [-0.1, -0.05) is 42.8 Å². The summed E-state index contributed by atoms with van der Waals surface area (Å²) in [6.07, 6.45) is 1.85. The van der Waals surface area contributed by atoms with Crippen molar-refractivity contribution in [3.63, 3.8) is 0 Å². The van der Waals surface area contributed by atoms with Gasteiger partial charge in [-0.15, -0.1) is 11.3 Å². The number of thiophene rings is 1. The Morgan fingerprint density at radius 2 is 1.85 bits per heavy atom. The Bertz CT molecular complexity index is 1270. The third-order valence-electron chi connectivity index (χ3n) is 4.96. The van der Waals surface area contributed by atoms with Gasteiger partial charge in [0.1, 0.15) is 5.03 Å². The molecule has 4 aromatic rings. The molecule has 0 bridgehead atoms. The lowest BCUT2D eigenvalue weighted by atomic mass is 10.1. The molecule has 8 heteroatoms. The van der Waals surface area contributed by atoms with Crippen molar-refractivity contribution in [3.8, 4) is 5.69 Å². The lowest BCUT2D eigenvalue weighted by Crippen LogP contribution is -2.28. The van der Waals surface area contributed by atoms with Crippen LogP contribution in [0.15, 0.2) is 92.9 Å². The Balaban J connectivity index is 1.51. The zero-order valence-electron chi connectivity index (χ0n) is 17.9. The zero-order valence-corrected chi connectivity index (χ0v) is 20.3. The number of carbonyl (C=O) groups excluding carboxylic acids is 1. The molecule has 33 heavy (non-hydrogen) atoms. The number of hydrogen-bond donors (Lipinski definition) is 1. The fraction of sp³-hybridized carbons (Fsp3) is 0.160. The molecular formula is C25H22ClN3O2S2. The van der Waals surface area contributed by atoms with Crippen molar-refractivity contribution < 1.29 is 4.79 Å². The quantitative estimate of drug-likeness (QED) is 0.308. The fourth-order valence-corrected chi connectivity index (χ4v) is 5.03. The zero-order chi connectivity index (χ0) is 23.2. The highest BCUT2D eigenvalue weighted by molar-refractivity contribution is 7.99. The summed E-state index contributed by atoms with van der Waals surface area (Å²) in [7, 11) is 0. The highest BCUT2D eigenvalue weighted by Crippen LogP contribution is 2.27. The summed E-state index contributed by atoms with van der Waals surface area (Å²) in [4.78, 5) is 27.4. The van der Waals surface area contributed by atoms with E-state index in [1.807, 2.05) is 41.8 Å². The Kier molecular flexibility index (Phi) is 7.65. The van der Waals surface area contributed by atoms with Gasteiger partial charge in [0.15, 0.2) is 0 Å². The van der Waals surface area contributed by atoms with Crippen molar-refractivity contribution in [1.29, 1.82) is 0 Å². The van der Waals surface area contributed by atoms with Crippen molar-refractivity contribution in [1.82, 2.24) is 15.1 Å². The first kappa shape index (κ1) is 23.3. The van der Waals surface area contributed by atoms with E-state index < -0.39 is 0 Å². The van der Waals surface area contributed by atoms with Crippen LogP contribution in [0.5, 0.6) is 0 Å². The molecule has 0 aliphatic rings. The summed E-state index contributed by atoms with van der Waals surface area (Å²) in [5.74, 6) is -0.138. The molecule has 0 spiro atoms. The summed E-state index contributed by atoms with van der Waals surface area (Å²) >= 11 is 9.03. The molecule has 1 atom stereocenters. The standard InChI is InChI=1S/C25H22ClN3O2S2/c1-2-4-21(22-5-3-16-32-22)27-25(31)17-6-10-19(11-7-17)29-24(30)15-14-23(28-29)33-20-12-8-18(26)9-13-20/h3,5-16,21H,2,4H2,1H3,(H,27,31). The van der Waals surface area contributed by atoms with Crippen molar-refractivity contribution in [2.24, 2.45) is 0 Å². The Morgan fingerprint density at radius 1 is 1.09 bits per heavy atom. The Hall–Kier alpha value is -2.87. The van der Waals surface area contributed by atoms with Crippen molar-refractivity contribution >= 4 is 40.6 Å². The second kappa shape index (κ2) is 10.8. The summed E-state index contributed by atoms with van der Waals surface area (Å²) in [5.41, 5.74) is 0.892. The van der Waals surface area contributed by atoms with Crippen LogP contribution in [-0.2, 0) is 0 Å². The van der Waals surface area contributed by atoms with Crippen molar-refractivity contribution in [3.05, 3.63) is 104 Å². The first-order valence-electron chi connectivity index (χ1n) is 10.5. The largest absolute Gasteiger partial charge is 0.344 e. The van der Waals surface area contributed by atoms with Crippen LogP contribution in [0.4, 0.5) is 0 Å². The van der Waals surface area contributed by atoms with Crippen LogP contribution in [0.3, 0.4) is 0 Å². The van der Waals surface area contributed by atoms with Crippen LogP contribution < -0.4 is 10.9 Å². The monoisotopic (exact) mass is 495 g/mol. The van der Waals surface area contributed by atoms with Gasteiger partial charge < -0.3 is 5.32 Å². The average molecular weight is 496 g/mol. The van der Waals surface area contributed by atoms with E-state index >= 15 is 0 Å². The van der Waals surface area contributed by atoms with Gasteiger partial charge in [0.2, 0.25) is 0 Å². The number of carbonyl (C=O) groups is 1. The molecule has 1 N–H and O–H groups in total. The van der Waals surface area contributed by atoms with E-state index in [0.29, 0.717) is 21.3 Å².